The topological polar surface area (TPSA) is 65.6 Å². The molecule has 0 spiro atoms. The van der Waals surface area contributed by atoms with Crippen molar-refractivity contribution in [3.63, 3.8) is 0 Å². The molecule has 0 aliphatic heterocycles. The van der Waals surface area contributed by atoms with Crippen molar-refractivity contribution in [2.24, 2.45) is 0 Å². The molecule has 0 unspecified atom stereocenters. The van der Waals surface area contributed by atoms with Crippen LogP contribution in [0.25, 0.3) is 0 Å². The van der Waals surface area contributed by atoms with Crippen molar-refractivity contribution < 1.29 is 13.9 Å². The smallest absolute Gasteiger partial charge is 0.0148 e. The molecule has 5 heteroatoms. The predicted molar refractivity (Wildman–Crippen MR) is 43.6 cm³/mol. The first kappa shape index (κ1) is 16.1. The Labute approximate surface area is 61.1 Å². The SMILES string of the molecule is CS(C)=O.CS(C)=O.O. The first-order valence-electron chi connectivity index (χ1n) is 1.97. The Bertz CT molecular complexity index is 71.8. The minimum absolute atomic E-state index is 0. The van der Waals surface area contributed by atoms with Gasteiger partial charge in [0.15, 0.2) is 0 Å². The zero-order chi connectivity index (χ0) is 7.15. The predicted octanol–water partition coefficient (Wildman–Crippen LogP) is -0.835. The van der Waals surface area contributed by atoms with Crippen molar-refractivity contribution in [1.82, 2.24) is 0 Å². The second-order valence-electron chi connectivity index (χ2n) is 1.48. The average molecular weight is 174 g/mol. The van der Waals surface area contributed by atoms with Crippen LogP contribution < -0.4 is 0 Å². The Balaban J connectivity index is -0.0000000720. The molecular weight excluding hydrogens is 160 g/mol. The van der Waals surface area contributed by atoms with Gasteiger partial charge in [-0.15, -0.1) is 0 Å². The Hall–Kier alpha value is 0.260. The fraction of sp³-hybridized carbons (Fsp3) is 1.00. The fourth-order valence-corrected chi connectivity index (χ4v) is 0. The Morgan fingerprint density at radius 3 is 0.778 bits per heavy atom. The molecule has 0 rings (SSSR count). The largest absolute Gasteiger partial charge is 0.412 e. The van der Waals surface area contributed by atoms with Gasteiger partial charge in [0.2, 0.25) is 0 Å². The van der Waals surface area contributed by atoms with Crippen molar-refractivity contribution >= 4 is 21.6 Å². The highest BCUT2D eigenvalue weighted by molar-refractivity contribution is 7.83. The zero-order valence-corrected chi connectivity index (χ0v) is 7.77. The molecule has 0 aliphatic carbocycles. The number of hydrogen-bond acceptors (Lipinski definition) is 2. The van der Waals surface area contributed by atoms with Gasteiger partial charge in [-0.25, -0.2) is 0 Å². The lowest BCUT2D eigenvalue weighted by Gasteiger charge is -1.60. The molecule has 0 aromatic rings. The quantitative estimate of drug-likeness (QED) is 0.481. The van der Waals surface area contributed by atoms with Gasteiger partial charge in [0.1, 0.15) is 0 Å². The van der Waals surface area contributed by atoms with Crippen molar-refractivity contribution in [3.05, 3.63) is 0 Å². The standard InChI is InChI=1S/2C2H6OS.H2O/c2*1-4(2)3;/h2*1-2H3;1H2. The molecule has 0 amide bonds. The molecule has 3 nitrogen and oxygen atoms in total. The minimum Gasteiger partial charge on any atom is -0.412 e. The van der Waals surface area contributed by atoms with Gasteiger partial charge < -0.3 is 5.48 Å². The van der Waals surface area contributed by atoms with Crippen LogP contribution in [0, 0.1) is 0 Å². The summed E-state index contributed by atoms with van der Waals surface area (Å²) in [6.45, 7) is 0. The summed E-state index contributed by atoms with van der Waals surface area (Å²) < 4.78 is 19.1. The maximum atomic E-state index is 9.56. The van der Waals surface area contributed by atoms with Crippen LogP contribution in [0.15, 0.2) is 0 Å². The normalized spacial score (nSPS) is 7.78. The van der Waals surface area contributed by atoms with E-state index in [9.17, 15) is 8.42 Å². The molecule has 0 fully saturated rings. The second kappa shape index (κ2) is 11.1. The maximum Gasteiger partial charge on any atom is 0.0148 e. The van der Waals surface area contributed by atoms with E-state index in [1.807, 2.05) is 0 Å². The van der Waals surface area contributed by atoms with E-state index >= 15 is 0 Å². The Kier molecular flexibility index (Phi) is 19.9. The second-order valence-corrected chi connectivity index (χ2v) is 4.45. The zero-order valence-electron chi connectivity index (χ0n) is 6.13. The molecule has 0 atom stereocenters. The van der Waals surface area contributed by atoms with E-state index in [-0.39, 0.29) is 5.48 Å². The van der Waals surface area contributed by atoms with E-state index in [0.717, 1.165) is 0 Å². The van der Waals surface area contributed by atoms with Gasteiger partial charge in [-0.05, 0) is 0 Å². The molecule has 0 saturated heterocycles. The minimum atomic E-state index is -0.611. The third kappa shape index (κ3) is 4790. The highest BCUT2D eigenvalue weighted by Crippen LogP contribution is 1.47. The van der Waals surface area contributed by atoms with Crippen molar-refractivity contribution in [1.29, 1.82) is 0 Å². The summed E-state index contributed by atoms with van der Waals surface area (Å²) in [6, 6.07) is 0. The van der Waals surface area contributed by atoms with Crippen LogP contribution >= 0.6 is 0 Å². The molecule has 0 aromatic carbocycles. The third-order valence-electron chi connectivity index (χ3n) is 0. The maximum absolute atomic E-state index is 9.56. The Morgan fingerprint density at radius 1 is 0.778 bits per heavy atom. The lowest BCUT2D eigenvalue weighted by molar-refractivity contribution is 0.689. The van der Waals surface area contributed by atoms with E-state index in [1.165, 1.54) is 0 Å². The van der Waals surface area contributed by atoms with Crippen LogP contribution in [0.3, 0.4) is 0 Å². The molecular formula is C4H14O3S2. The molecule has 0 aliphatic rings. The molecule has 0 saturated carbocycles. The van der Waals surface area contributed by atoms with E-state index in [2.05, 4.69) is 0 Å². The van der Waals surface area contributed by atoms with Crippen LogP contribution in [0.5, 0.6) is 0 Å². The monoisotopic (exact) mass is 174 g/mol. The van der Waals surface area contributed by atoms with Gasteiger partial charge in [-0.3, -0.25) is 8.42 Å². The van der Waals surface area contributed by atoms with Crippen LogP contribution in [0.1, 0.15) is 0 Å². The molecule has 2 N–H and O–H groups in total. The average Bonchev–Trinajstić information content (AvgIpc) is 1.25. The van der Waals surface area contributed by atoms with Gasteiger partial charge in [0, 0.05) is 46.6 Å². The summed E-state index contributed by atoms with van der Waals surface area (Å²) in [5.74, 6) is 0. The Morgan fingerprint density at radius 2 is 0.778 bits per heavy atom. The van der Waals surface area contributed by atoms with Gasteiger partial charge in [0.25, 0.3) is 0 Å². The first-order valence-corrected chi connectivity index (χ1v) is 5.90. The van der Waals surface area contributed by atoms with Gasteiger partial charge in [-0.2, -0.15) is 0 Å². The fourth-order valence-electron chi connectivity index (χ4n) is 0. The molecule has 0 heterocycles. The van der Waals surface area contributed by atoms with Crippen molar-refractivity contribution in [2.75, 3.05) is 25.0 Å². The summed E-state index contributed by atoms with van der Waals surface area (Å²) in [6.07, 6.45) is 6.56. The van der Waals surface area contributed by atoms with Crippen LogP contribution in [-0.4, -0.2) is 38.9 Å². The van der Waals surface area contributed by atoms with Crippen molar-refractivity contribution in [2.45, 2.75) is 0 Å². The van der Waals surface area contributed by atoms with E-state index in [4.69, 9.17) is 0 Å². The number of hydrogen-bond donors (Lipinski definition) is 0. The van der Waals surface area contributed by atoms with E-state index in [0.29, 0.717) is 0 Å². The summed E-state index contributed by atoms with van der Waals surface area (Å²) in [5.41, 5.74) is 0. The van der Waals surface area contributed by atoms with Crippen LogP contribution in [0.2, 0.25) is 0 Å². The number of rotatable bonds is 0. The summed E-state index contributed by atoms with van der Waals surface area (Å²) in [5, 5.41) is 0. The van der Waals surface area contributed by atoms with Crippen LogP contribution in [0.4, 0.5) is 0 Å². The lowest BCUT2D eigenvalue weighted by atomic mass is 11.9. The van der Waals surface area contributed by atoms with E-state index < -0.39 is 21.6 Å². The summed E-state index contributed by atoms with van der Waals surface area (Å²) in [4.78, 5) is 0. The van der Waals surface area contributed by atoms with Gasteiger partial charge in [0.05, 0.1) is 0 Å². The highest BCUT2D eigenvalue weighted by atomic mass is 32.2. The van der Waals surface area contributed by atoms with Gasteiger partial charge in [-0.1, -0.05) is 0 Å². The summed E-state index contributed by atoms with van der Waals surface area (Å²) in [7, 11) is -1.22. The molecule has 60 valence electrons. The first-order chi connectivity index (χ1) is 3.46. The molecule has 0 aromatic heterocycles. The summed E-state index contributed by atoms with van der Waals surface area (Å²) >= 11 is 0. The van der Waals surface area contributed by atoms with Crippen LogP contribution in [-0.2, 0) is 21.6 Å². The highest BCUT2D eigenvalue weighted by Gasteiger charge is 1.58. The third-order valence-corrected chi connectivity index (χ3v) is 0. The lowest BCUT2D eigenvalue weighted by Crippen LogP contribution is -1.70. The van der Waals surface area contributed by atoms with Gasteiger partial charge >= 0.3 is 0 Å². The van der Waals surface area contributed by atoms with Crippen molar-refractivity contribution in [3.8, 4) is 0 Å². The van der Waals surface area contributed by atoms with E-state index in [1.54, 1.807) is 25.0 Å². The molecule has 0 radical (unpaired) electrons. The molecule has 0 bridgehead atoms. The molecule has 9 heavy (non-hydrogen) atoms.